The highest BCUT2D eigenvalue weighted by molar-refractivity contribution is 9.10. The van der Waals surface area contributed by atoms with Gasteiger partial charge in [0.25, 0.3) is 0 Å². The highest BCUT2D eigenvalue weighted by atomic mass is 79.9. The number of aromatic nitrogens is 2. The summed E-state index contributed by atoms with van der Waals surface area (Å²) in [5.41, 5.74) is 3.97. The number of benzene rings is 1. The molecule has 0 radical (unpaired) electrons. The van der Waals surface area contributed by atoms with E-state index < -0.39 is 6.04 Å². The summed E-state index contributed by atoms with van der Waals surface area (Å²) in [5.74, 6) is 5.25. The molecule has 0 aliphatic rings. The van der Waals surface area contributed by atoms with Crippen molar-refractivity contribution in [2.24, 2.45) is 5.84 Å². The van der Waals surface area contributed by atoms with Crippen molar-refractivity contribution < 1.29 is 4.39 Å². The molecule has 6 heteroatoms. The molecule has 18 heavy (non-hydrogen) atoms. The second kappa shape index (κ2) is 5.60. The molecule has 4 nitrogen and oxygen atoms in total. The lowest BCUT2D eigenvalue weighted by Gasteiger charge is -2.18. The molecule has 0 fully saturated rings. The summed E-state index contributed by atoms with van der Waals surface area (Å²) in [7, 11) is 0. The molecule has 0 spiro atoms. The Kier molecular flexibility index (Phi) is 4.11. The van der Waals surface area contributed by atoms with Crippen LogP contribution >= 0.6 is 15.9 Å². The third-order valence-corrected chi connectivity index (χ3v) is 3.28. The van der Waals surface area contributed by atoms with Crippen LogP contribution in [-0.4, -0.2) is 9.78 Å². The zero-order valence-corrected chi connectivity index (χ0v) is 11.5. The van der Waals surface area contributed by atoms with Crippen molar-refractivity contribution in [3.8, 4) is 0 Å². The fourth-order valence-corrected chi connectivity index (χ4v) is 2.26. The first-order chi connectivity index (χ1) is 8.67. The summed E-state index contributed by atoms with van der Waals surface area (Å²) in [5, 5.41) is 4.17. The predicted octanol–water partition coefficient (Wildman–Crippen LogP) is 2.36. The number of halogens is 2. The molecular weight excluding hydrogens is 299 g/mol. The van der Waals surface area contributed by atoms with E-state index in [1.165, 1.54) is 6.07 Å². The Hall–Kier alpha value is -1.24. The second-order valence-electron chi connectivity index (χ2n) is 3.84. The smallest absolute Gasteiger partial charge is 0.129 e. The van der Waals surface area contributed by atoms with Crippen molar-refractivity contribution >= 4 is 15.9 Å². The van der Waals surface area contributed by atoms with Crippen molar-refractivity contribution in [2.75, 3.05) is 0 Å². The van der Waals surface area contributed by atoms with Crippen molar-refractivity contribution in [1.82, 2.24) is 15.2 Å². The molecule has 0 amide bonds. The number of hydrogen-bond acceptors (Lipinski definition) is 3. The van der Waals surface area contributed by atoms with Gasteiger partial charge in [-0.3, -0.25) is 10.5 Å². The van der Waals surface area contributed by atoms with E-state index in [0.717, 1.165) is 5.69 Å². The summed E-state index contributed by atoms with van der Waals surface area (Å²) in [6, 6.07) is 6.33. The van der Waals surface area contributed by atoms with Crippen LogP contribution in [0.3, 0.4) is 0 Å². The van der Waals surface area contributed by atoms with Gasteiger partial charge in [-0.1, -0.05) is 22.0 Å². The van der Waals surface area contributed by atoms with Gasteiger partial charge in [0.1, 0.15) is 5.82 Å². The molecule has 0 aliphatic heterocycles. The Morgan fingerprint density at radius 1 is 1.50 bits per heavy atom. The number of hydrogen-bond donors (Lipinski definition) is 2. The Morgan fingerprint density at radius 3 is 2.89 bits per heavy atom. The van der Waals surface area contributed by atoms with Crippen molar-refractivity contribution in [3.63, 3.8) is 0 Å². The lowest BCUT2D eigenvalue weighted by Crippen LogP contribution is -2.31. The first-order valence-corrected chi connectivity index (χ1v) is 6.39. The SMILES string of the molecule is CCn1nccc1C(NN)c1ccc(Br)cc1F. The lowest BCUT2D eigenvalue weighted by molar-refractivity contribution is 0.516. The van der Waals surface area contributed by atoms with Gasteiger partial charge >= 0.3 is 0 Å². The van der Waals surface area contributed by atoms with Crippen LogP contribution in [-0.2, 0) is 6.54 Å². The first-order valence-electron chi connectivity index (χ1n) is 5.60. The Balaban J connectivity index is 2.45. The van der Waals surface area contributed by atoms with Crippen LogP contribution in [0, 0.1) is 5.82 Å². The topological polar surface area (TPSA) is 55.9 Å². The number of nitrogens with zero attached hydrogens (tertiary/aromatic N) is 2. The molecule has 0 saturated carbocycles. The van der Waals surface area contributed by atoms with Gasteiger partial charge in [0, 0.05) is 22.8 Å². The van der Waals surface area contributed by atoms with Crippen LogP contribution in [0.25, 0.3) is 0 Å². The Labute approximate surface area is 113 Å². The third-order valence-electron chi connectivity index (χ3n) is 2.78. The highest BCUT2D eigenvalue weighted by Crippen LogP contribution is 2.25. The van der Waals surface area contributed by atoms with E-state index in [-0.39, 0.29) is 5.82 Å². The molecule has 0 bridgehead atoms. The maximum Gasteiger partial charge on any atom is 0.129 e. The van der Waals surface area contributed by atoms with Crippen molar-refractivity contribution in [2.45, 2.75) is 19.5 Å². The fraction of sp³-hybridized carbons (Fsp3) is 0.250. The van der Waals surface area contributed by atoms with E-state index in [1.54, 1.807) is 23.0 Å². The van der Waals surface area contributed by atoms with Crippen molar-refractivity contribution in [3.05, 3.63) is 52.0 Å². The number of hydrazine groups is 1. The average molecular weight is 313 g/mol. The van der Waals surface area contributed by atoms with E-state index in [4.69, 9.17) is 5.84 Å². The maximum absolute atomic E-state index is 14.0. The van der Waals surface area contributed by atoms with Crippen molar-refractivity contribution in [1.29, 1.82) is 0 Å². The number of aryl methyl sites for hydroxylation is 1. The molecule has 1 heterocycles. The lowest BCUT2D eigenvalue weighted by atomic mass is 10.0. The largest absolute Gasteiger partial charge is 0.271 e. The summed E-state index contributed by atoms with van der Waals surface area (Å²) in [4.78, 5) is 0. The van der Waals surface area contributed by atoms with Gasteiger partial charge in [-0.15, -0.1) is 0 Å². The van der Waals surface area contributed by atoms with Gasteiger partial charge in [0.2, 0.25) is 0 Å². The molecule has 0 aliphatic carbocycles. The van der Waals surface area contributed by atoms with Crippen LogP contribution < -0.4 is 11.3 Å². The molecule has 1 aromatic heterocycles. The summed E-state index contributed by atoms with van der Waals surface area (Å²) >= 11 is 3.23. The first kappa shape index (κ1) is 13.2. The average Bonchev–Trinajstić information content (AvgIpc) is 2.81. The standard InChI is InChI=1S/C12H14BrFN4/c1-2-18-11(5-6-16-18)12(17-15)9-4-3-8(13)7-10(9)14/h3-7,12,17H,2,15H2,1H3. The van der Waals surface area contributed by atoms with E-state index in [1.807, 2.05) is 13.0 Å². The van der Waals surface area contributed by atoms with Gasteiger partial charge in [-0.2, -0.15) is 5.10 Å². The molecule has 96 valence electrons. The molecule has 3 N–H and O–H groups in total. The molecule has 1 aromatic carbocycles. The number of nitrogens with one attached hydrogen (secondary N) is 1. The Morgan fingerprint density at radius 2 is 2.28 bits per heavy atom. The molecule has 2 aromatic rings. The van der Waals surface area contributed by atoms with Gasteiger partial charge < -0.3 is 0 Å². The minimum atomic E-state index is -0.416. The normalized spacial score (nSPS) is 12.7. The maximum atomic E-state index is 14.0. The quantitative estimate of drug-likeness (QED) is 0.673. The van der Waals surface area contributed by atoms with Crippen LogP contribution in [0.1, 0.15) is 24.2 Å². The van der Waals surface area contributed by atoms with Gasteiger partial charge in [0.05, 0.1) is 11.7 Å². The van der Waals surface area contributed by atoms with Crippen LogP contribution in [0.15, 0.2) is 34.9 Å². The minimum absolute atomic E-state index is 0.309. The molecule has 0 saturated heterocycles. The zero-order chi connectivity index (χ0) is 13.1. The molecule has 1 unspecified atom stereocenters. The van der Waals surface area contributed by atoms with Gasteiger partial charge in [-0.25, -0.2) is 9.82 Å². The molecular formula is C12H14BrFN4. The monoisotopic (exact) mass is 312 g/mol. The summed E-state index contributed by atoms with van der Waals surface area (Å²) in [6.45, 7) is 2.68. The number of nitrogens with two attached hydrogens (primary N) is 1. The minimum Gasteiger partial charge on any atom is -0.271 e. The van der Waals surface area contributed by atoms with Gasteiger partial charge in [-0.05, 0) is 25.1 Å². The Bertz CT molecular complexity index is 541. The predicted molar refractivity (Wildman–Crippen MR) is 71.2 cm³/mol. The van der Waals surface area contributed by atoms with E-state index in [0.29, 0.717) is 16.6 Å². The molecule has 1 atom stereocenters. The number of rotatable bonds is 4. The summed E-state index contributed by atoms with van der Waals surface area (Å²) < 4.78 is 16.4. The highest BCUT2D eigenvalue weighted by Gasteiger charge is 2.19. The van der Waals surface area contributed by atoms with Gasteiger partial charge in [0.15, 0.2) is 0 Å². The van der Waals surface area contributed by atoms with E-state index in [9.17, 15) is 4.39 Å². The summed E-state index contributed by atoms with van der Waals surface area (Å²) in [6.07, 6.45) is 1.68. The fourth-order valence-electron chi connectivity index (χ4n) is 1.92. The third kappa shape index (κ3) is 2.45. The van der Waals surface area contributed by atoms with E-state index >= 15 is 0 Å². The zero-order valence-electron chi connectivity index (χ0n) is 9.90. The van der Waals surface area contributed by atoms with Crippen LogP contribution in [0.5, 0.6) is 0 Å². The second-order valence-corrected chi connectivity index (χ2v) is 4.75. The van der Waals surface area contributed by atoms with E-state index in [2.05, 4.69) is 26.5 Å². The van der Waals surface area contributed by atoms with Crippen LogP contribution in [0.2, 0.25) is 0 Å². The molecule has 2 rings (SSSR count). The van der Waals surface area contributed by atoms with Crippen LogP contribution in [0.4, 0.5) is 4.39 Å².